The molecule has 1 unspecified atom stereocenters. The Bertz CT molecular complexity index is 792. The maximum Gasteiger partial charge on any atom is 0.0908 e. The number of anilines is 2. The summed E-state index contributed by atoms with van der Waals surface area (Å²) in [5.41, 5.74) is 11.1. The first-order valence-corrected chi connectivity index (χ1v) is 9.99. The SMILES string of the molecule is Cc1cc(C)c(N2CC(CN(C)C)N(c3c(C)cc(C)cc3C)C2)c(C)c1. The second-order valence-electron chi connectivity index (χ2n) is 8.74. The lowest BCUT2D eigenvalue weighted by Gasteiger charge is -2.30. The fourth-order valence-corrected chi connectivity index (χ4v) is 5.00. The summed E-state index contributed by atoms with van der Waals surface area (Å²) in [5, 5.41) is 0. The molecule has 1 heterocycles. The fraction of sp³-hybridized carbons (Fsp3) is 0.500. The summed E-state index contributed by atoms with van der Waals surface area (Å²) in [7, 11) is 4.36. The lowest BCUT2D eigenvalue weighted by atomic mass is 10.0. The van der Waals surface area contributed by atoms with Crippen LogP contribution in [0.1, 0.15) is 33.4 Å². The Morgan fingerprint density at radius 2 is 1.22 bits per heavy atom. The van der Waals surface area contributed by atoms with Gasteiger partial charge in [0.15, 0.2) is 0 Å². The third-order valence-corrected chi connectivity index (χ3v) is 5.65. The first kappa shape index (κ1) is 19.8. The number of likely N-dealkylation sites (N-methyl/N-ethyl adjacent to an activating group) is 1. The highest BCUT2D eigenvalue weighted by molar-refractivity contribution is 5.67. The van der Waals surface area contributed by atoms with E-state index in [2.05, 4.69) is 94.6 Å². The molecule has 3 nitrogen and oxygen atoms in total. The van der Waals surface area contributed by atoms with Crippen LogP contribution < -0.4 is 9.80 Å². The molecule has 1 aliphatic rings. The summed E-state index contributed by atoms with van der Waals surface area (Å²) >= 11 is 0. The number of benzene rings is 2. The van der Waals surface area contributed by atoms with Gasteiger partial charge in [0, 0.05) is 24.5 Å². The van der Waals surface area contributed by atoms with Gasteiger partial charge >= 0.3 is 0 Å². The lowest BCUT2D eigenvalue weighted by Crippen LogP contribution is -2.39. The quantitative estimate of drug-likeness (QED) is 0.774. The predicted octanol–water partition coefficient (Wildman–Crippen LogP) is 4.75. The second kappa shape index (κ2) is 7.55. The molecule has 0 radical (unpaired) electrons. The Hall–Kier alpha value is -2.00. The van der Waals surface area contributed by atoms with Gasteiger partial charge in [0.25, 0.3) is 0 Å². The molecule has 0 bridgehead atoms. The highest BCUT2D eigenvalue weighted by Crippen LogP contribution is 2.35. The molecule has 27 heavy (non-hydrogen) atoms. The van der Waals surface area contributed by atoms with Gasteiger partial charge in [0.2, 0.25) is 0 Å². The Labute approximate surface area is 165 Å². The average Bonchev–Trinajstić information content (AvgIpc) is 2.87. The van der Waals surface area contributed by atoms with Crippen molar-refractivity contribution < 1.29 is 0 Å². The van der Waals surface area contributed by atoms with Crippen LogP contribution in [0.25, 0.3) is 0 Å². The predicted molar refractivity (Wildman–Crippen MR) is 118 cm³/mol. The smallest absolute Gasteiger partial charge is 0.0908 e. The molecule has 0 saturated carbocycles. The van der Waals surface area contributed by atoms with E-state index in [0.717, 1.165) is 19.8 Å². The minimum Gasteiger partial charge on any atom is -0.351 e. The number of nitrogens with zero attached hydrogens (tertiary/aromatic N) is 3. The van der Waals surface area contributed by atoms with Gasteiger partial charge in [-0.15, -0.1) is 0 Å². The number of hydrogen-bond donors (Lipinski definition) is 0. The zero-order valence-corrected chi connectivity index (χ0v) is 18.3. The molecule has 3 rings (SSSR count). The highest BCUT2D eigenvalue weighted by Gasteiger charge is 2.33. The zero-order valence-electron chi connectivity index (χ0n) is 18.3. The lowest BCUT2D eigenvalue weighted by molar-refractivity contribution is 0.379. The maximum atomic E-state index is 2.63. The van der Waals surface area contributed by atoms with E-state index >= 15 is 0 Å². The molecule has 0 spiro atoms. The molecule has 0 amide bonds. The van der Waals surface area contributed by atoms with E-state index < -0.39 is 0 Å². The first-order valence-electron chi connectivity index (χ1n) is 9.99. The first-order chi connectivity index (χ1) is 12.7. The molecule has 2 aromatic rings. The Morgan fingerprint density at radius 3 is 1.67 bits per heavy atom. The van der Waals surface area contributed by atoms with Gasteiger partial charge in [-0.05, 0) is 77.9 Å². The fourth-order valence-electron chi connectivity index (χ4n) is 5.00. The van der Waals surface area contributed by atoms with Crippen LogP contribution in [-0.2, 0) is 0 Å². The van der Waals surface area contributed by atoms with Crippen LogP contribution in [0, 0.1) is 41.5 Å². The molecular formula is C24H35N3. The van der Waals surface area contributed by atoms with E-state index in [1.807, 2.05) is 0 Å². The van der Waals surface area contributed by atoms with Gasteiger partial charge in [0.05, 0.1) is 12.7 Å². The van der Waals surface area contributed by atoms with Crippen molar-refractivity contribution >= 4 is 11.4 Å². The normalized spacial score (nSPS) is 17.3. The average molecular weight is 366 g/mol. The zero-order chi connectivity index (χ0) is 19.9. The molecule has 3 heteroatoms. The van der Waals surface area contributed by atoms with E-state index in [9.17, 15) is 0 Å². The molecule has 1 atom stereocenters. The van der Waals surface area contributed by atoms with Crippen LogP contribution in [0.2, 0.25) is 0 Å². The third kappa shape index (κ3) is 3.98. The van der Waals surface area contributed by atoms with Gasteiger partial charge in [-0.3, -0.25) is 0 Å². The van der Waals surface area contributed by atoms with Gasteiger partial charge in [-0.25, -0.2) is 0 Å². The summed E-state index contributed by atoms with van der Waals surface area (Å²) in [6.45, 7) is 16.5. The molecule has 0 aliphatic carbocycles. The third-order valence-electron chi connectivity index (χ3n) is 5.65. The Morgan fingerprint density at radius 1 is 0.778 bits per heavy atom. The molecule has 0 aromatic heterocycles. The van der Waals surface area contributed by atoms with E-state index in [1.165, 1.54) is 44.8 Å². The number of rotatable bonds is 4. The second-order valence-corrected chi connectivity index (χ2v) is 8.74. The van der Waals surface area contributed by atoms with Crippen molar-refractivity contribution in [1.82, 2.24) is 4.90 Å². The van der Waals surface area contributed by atoms with Gasteiger partial charge in [-0.1, -0.05) is 35.4 Å². The van der Waals surface area contributed by atoms with Crippen LogP contribution in [0.4, 0.5) is 11.4 Å². The summed E-state index contributed by atoms with van der Waals surface area (Å²) in [5.74, 6) is 0. The van der Waals surface area contributed by atoms with Crippen molar-refractivity contribution in [2.75, 3.05) is 43.7 Å². The summed E-state index contributed by atoms with van der Waals surface area (Å²) in [6, 6.07) is 9.75. The van der Waals surface area contributed by atoms with Crippen molar-refractivity contribution in [3.8, 4) is 0 Å². The van der Waals surface area contributed by atoms with Crippen molar-refractivity contribution in [2.45, 2.75) is 47.6 Å². The van der Waals surface area contributed by atoms with E-state index in [0.29, 0.717) is 6.04 Å². The summed E-state index contributed by atoms with van der Waals surface area (Å²) in [6.07, 6.45) is 0. The van der Waals surface area contributed by atoms with Crippen molar-refractivity contribution in [3.63, 3.8) is 0 Å². The van der Waals surface area contributed by atoms with Crippen LogP contribution in [0.5, 0.6) is 0 Å². The maximum absolute atomic E-state index is 2.63. The largest absolute Gasteiger partial charge is 0.351 e. The minimum absolute atomic E-state index is 0.486. The van der Waals surface area contributed by atoms with Crippen LogP contribution in [-0.4, -0.2) is 44.8 Å². The molecule has 1 saturated heterocycles. The molecule has 1 fully saturated rings. The summed E-state index contributed by atoms with van der Waals surface area (Å²) in [4.78, 5) is 7.52. The number of aryl methyl sites for hydroxylation is 6. The van der Waals surface area contributed by atoms with E-state index in [1.54, 1.807) is 0 Å². The van der Waals surface area contributed by atoms with E-state index in [4.69, 9.17) is 0 Å². The van der Waals surface area contributed by atoms with Gasteiger partial charge in [-0.2, -0.15) is 0 Å². The Kier molecular flexibility index (Phi) is 5.53. The molecule has 1 aliphatic heterocycles. The van der Waals surface area contributed by atoms with Gasteiger partial charge in [0.1, 0.15) is 0 Å². The highest BCUT2D eigenvalue weighted by atomic mass is 15.4. The van der Waals surface area contributed by atoms with Crippen molar-refractivity contribution in [1.29, 1.82) is 0 Å². The van der Waals surface area contributed by atoms with Crippen LogP contribution in [0.15, 0.2) is 24.3 Å². The molecule has 2 aromatic carbocycles. The summed E-state index contributed by atoms with van der Waals surface area (Å²) < 4.78 is 0. The topological polar surface area (TPSA) is 9.72 Å². The van der Waals surface area contributed by atoms with Crippen LogP contribution in [0.3, 0.4) is 0 Å². The molecule has 0 N–H and O–H groups in total. The van der Waals surface area contributed by atoms with Crippen molar-refractivity contribution in [3.05, 3.63) is 57.6 Å². The van der Waals surface area contributed by atoms with Crippen molar-refractivity contribution in [2.24, 2.45) is 0 Å². The number of hydrogen-bond acceptors (Lipinski definition) is 3. The molecular weight excluding hydrogens is 330 g/mol. The van der Waals surface area contributed by atoms with Gasteiger partial charge < -0.3 is 14.7 Å². The minimum atomic E-state index is 0.486. The molecule has 146 valence electrons. The monoisotopic (exact) mass is 365 g/mol. The standard InChI is InChI=1S/C24H35N3/c1-16-9-18(3)23(19(4)10-16)26-14-22(13-25(7)8)27(15-26)24-20(5)11-17(2)12-21(24)6/h9-12,22H,13-15H2,1-8H3. The van der Waals surface area contributed by atoms with Crippen LogP contribution >= 0.6 is 0 Å². The van der Waals surface area contributed by atoms with E-state index in [-0.39, 0.29) is 0 Å². The Balaban J connectivity index is 2.02.